The minimum Gasteiger partial charge on any atom is -0.496 e. The normalized spacial score (nSPS) is 10.1. The van der Waals surface area contributed by atoms with Gasteiger partial charge in [0.1, 0.15) is 11.5 Å². The van der Waals surface area contributed by atoms with Crippen LogP contribution in [-0.4, -0.2) is 26.7 Å². The fourth-order valence-electron chi connectivity index (χ4n) is 2.01. The average molecular weight is 265 g/mol. The van der Waals surface area contributed by atoms with Gasteiger partial charge in [0.2, 0.25) is 5.91 Å². The van der Waals surface area contributed by atoms with Crippen LogP contribution in [0.3, 0.4) is 0 Å². The first kappa shape index (κ1) is 15.3. The van der Waals surface area contributed by atoms with E-state index in [0.717, 1.165) is 42.0 Å². The number of nitrogens with one attached hydrogen (secondary N) is 1. The van der Waals surface area contributed by atoms with E-state index in [0.29, 0.717) is 6.42 Å². The van der Waals surface area contributed by atoms with Crippen LogP contribution < -0.4 is 14.8 Å². The van der Waals surface area contributed by atoms with E-state index in [4.69, 9.17) is 9.47 Å². The molecule has 0 fully saturated rings. The highest BCUT2D eigenvalue weighted by molar-refractivity contribution is 5.79. The van der Waals surface area contributed by atoms with Gasteiger partial charge in [-0.2, -0.15) is 0 Å². The molecule has 0 bridgehead atoms. The number of carbonyl (C=O) groups excluding carboxylic acids is 1. The third-order valence-corrected chi connectivity index (χ3v) is 3.07. The third kappa shape index (κ3) is 4.16. The van der Waals surface area contributed by atoms with E-state index in [1.165, 1.54) is 0 Å². The summed E-state index contributed by atoms with van der Waals surface area (Å²) in [7, 11) is 3.24. The molecule has 1 aromatic carbocycles. The number of hydrogen-bond acceptors (Lipinski definition) is 3. The molecule has 1 rings (SSSR count). The monoisotopic (exact) mass is 265 g/mol. The van der Waals surface area contributed by atoms with E-state index >= 15 is 0 Å². The van der Waals surface area contributed by atoms with Crippen molar-refractivity contribution < 1.29 is 14.3 Å². The summed E-state index contributed by atoms with van der Waals surface area (Å²) < 4.78 is 10.6. The van der Waals surface area contributed by atoms with Crippen molar-refractivity contribution >= 4 is 5.91 Å². The van der Waals surface area contributed by atoms with Crippen LogP contribution in [0.1, 0.15) is 30.9 Å². The zero-order chi connectivity index (χ0) is 14.3. The second-order valence-electron chi connectivity index (χ2n) is 4.47. The highest BCUT2D eigenvalue weighted by Gasteiger charge is 2.13. The van der Waals surface area contributed by atoms with Gasteiger partial charge in [-0.15, -0.1) is 0 Å². The van der Waals surface area contributed by atoms with Gasteiger partial charge < -0.3 is 14.8 Å². The maximum Gasteiger partial charge on any atom is 0.224 e. The molecule has 1 aromatic rings. The summed E-state index contributed by atoms with van der Waals surface area (Å²) in [5.74, 6) is 1.52. The number of methoxy groups -OCH3 is 2. The first-order valence-corrected chi connectivity index (χ1v) is 6.61. The molecule has 0 unspecified atom stereocenters. The van der Waals surface area contributed by atoms with Crippen LogP contribution in [0.15, 0.2) is 12.1 Å². The van der Waals surface area contributed by atoms with Gasteiger partial charge in [0.25, 0.3) is 0 Å². The predicted octanol–water partition coefficient (Wildman–Crippen LogP) is 2.47. The molecular weight excluding hydrogens is 242 g/mol. The van der Waals surface area contributed by atoms with Crippen LogP contribution in [0.5, 0.6) is 11.5 Å². The standard InChI is InChI=1S/C15H23NO3/c1-5-6-9-16-14(17)10-12-7-8-13(18-3)11(2)15(12)19-4/h7-8H,5-6,9-10H2,1-4H3,(H,16,17). The summed E-state index contributed by atoms with van der Waals surface area (Å²) >= 11 is 0. The van der Waals surface area contributed by atoms with E-state index in [-0.39, 0.29) is 5.91 Å². The zero-order valence-corrected chi connectivity index (χ0v) is 12.2. The van der Waals surface area contributed by atoms with Gasteiger partial charge >= 0.3 is 0 Å². The molecule has 4 heteroatoms. The molecule has 0 saturated heterocycles. The summed E-state index contributed by atoms with van der Waals surface area (Å²) in [6.07, 6.45) is 2.41. The van der Waals surface area contributed by atoms with Gasteiger partial charge in [-0.05, 0) is 19.4 Å². The summed E-state index contributed by atoms with van der Waals surface area (Å²) in [4.78, 5) is 11.8. The van der Waals surface area contributed by atoms with Gasteiger partial charge in [0.15, 0.2) is 0 Å². The Kier molecular flexibility index (Phi) is 6.19. The number of rotatable bonds is 7. The molecule has 0 saturated carbocycles. The van der Waals surface area contributed by atoms with E-state index in [1.807, 2.05) is 19.1 Å². The van der Waals surface area contributed by atoms with Gasteiger partial charge in [0.05, 0.1) is 20.6 Å². The lowest BCUT2D eigenvalue weighted by Gasteiger charge is -2.14. The van der Waals surface area contributed by atoms with Crippen molar-refractivity contribution in [1.29, 1.82) is 0 Å². The van der Waals surface area contributed by atoms with Crippen molar-refractivity contribution in [3.63, 3.8) is 0 Å². The minimum absolute atomic E-state index is 0.0244. The molecule has 106 valence electrons. The number of benzene rings is 1. The molecule has 1 N–H and O–H groups in total. The minimum atomic E-state index is 0.0244. The molecule has 0 radical (unpaired) electrons. The SMILES string of the molecule is CCCCNC(=O)Cc1ccc(OC)c(C)c1OC. The Balaban J connectivity index is 2.78. The molecule has 0 atom stereocenters. The van der Waals surface area contributed by atoms with Crippen LogP contribution in [0.4, 0.5) is 0 Å². The Morgan fingerprint density at radius 3 is 2.58 bits per heavy atom. The lowest BCUT2D eigenvalue weighted by atomic mass is 10.1. The van der Waals surface area contributed by atoms with E-state index < -0.39 is 0 Å². The fourth-order valence-corrected chi connectivity index (χ4v) is 2.01. The number of carbonyl (C=O) groups is 1. The molecule has 0 aliphatic rings. The molecular formula is C15H23NO3. The van der Waals surface area contributed by atoms with Crippen molar-refractivity contribution in [2.75, 3.05) is 20.8 Å². The molecule has 0 spiro atoms. The van der Waals surface area contributed by atoms with Crippen LogP contribution in [0.25, 0.3) is 0 Å². The highest BCUT2D eigenvalue weighted by atomic mass is 16.5. The van der Waals surface area contributed by atoms with E-state index in [1.54, 1.807) is 14.2 Å². The number of unbranched alkanes of at least 4 members (excludes halogenated alkanes) is 1. The van der Waals surface area contributed by atoms with Gasteiger partial charge in [-0.3, -0.25) is 4.79 Å². The summed E-state index contributed by atoms with van der Waals surface area (Å²) in [6.45, 7) is 4.75. The second-order valence-corrected chi connectivity index (χ2v) is 4.47. The molecule has 0 aliphatic heterocycles. The summed E-state index contributed by atoms with van der Waals surface area (Å²) in [6, 6.07) is 3.75. The van der Waals surface area contributed by atoms with Gasteiger partial charge in [0, 0.05) is 17.7 Å². The smallest absolute Gasteiger partial charge is 0.224 e. The number of ether oxygens (including phenoxy) is 2. The Hall–Kier alpha value is -1.71. The summed E-state index contributed by atoms with van der Waals surface area (Å²) in [5.41, 5.74) is 1.80. The van der Waals surface area contributed by atoms with Crippen LogP contribution >= 0.6 is 0 Å². The topological polar surface area (TPSA) is 47.6 Å². The third-order valence-electron chi connectivity index (χ3n) is 3.07. The molecule has 19 heavy (non-hydrogen) atoms. The molecule has 0 aromatic heterocycles. The van der Waals surface area contributed by atoms with Crippen molar-refractivity contribution in [2.24, 2.45) is 0 Å². The Morgan fingerprint density at radius 2 is 2.00 bits per heavy atom. The van der Waals surface area contributed by atoms with Gasteiger partial charge in [-0.25, -0.2) is 0 Å². The Morgan fingerprint density at radius 1 is 1.26 bits per heavy atom. The first-order valence-electron chi connectivity index (χ1n) is 6.61. The maximum atomic E-state index is 11.8. The van der Waals surface area contributed by atoms with E-state index in [2.05, 4.69) is 12.2 Å². The quantitative estimate of drug-likeness (QED) is 0.770. The summed E-state index contributed by atoms with van der Waals surface area (Å²) in [5, 5.41) is 2.91. The molecule has 0 aliphatic carbocycles. The predicted molar refractivity (Wildman–Crippen MR) is 75.9 cm³/mol. The number of hydrogen-bond donors (Lipinski definition) is 1. The average Bonchev–Trinajstić information content (AvgIpc) is 2.39. The molecule has 1 amide bonds. The lowest BCUT2D eigenvalue weighted by Crippen LogP contribution is -2.26. The van der Waals surface area contributed by atoms with Crippen molar-refractivity contribution in [3.8, 4) is 11.5 Å². The van der Waals surface area contributed by atoms with Crippen molar-refractivity contribution in [3.05, 3.63) is 23.3 Å². The van der Waals surface area contributed by atoms with Crippen LogP contribution in [0.2, 0.25) is 0 Å². The van der Waals surface area contributed by atoms with Crippen molar-refractivity contribution in [1.82, 2.24) is 5.32 Å². The van der Waals surface area contributed by atoms with E-state index in [9.17, 15) is 4.79 Å². The van der Waals surface area contributed by atoms with Gasteiger partial charge in [-0.1, -0.05) is 19.4 Å². The van der Waals surface area contributed by atoms with Crippen LogP contribution in [-0.2, 0) is 11.2 Å². The first-order chi connectivity index (χ1) is 9.13. The second kappa shape index (κ2) is 7.67. The maximum absolute atomic E-state index is 11.8. The number of amides is 1. The van der Waals surface area contributed by atoms with Crippen molar-refractivity contribution in [2.45, 2.75) is 33.1 Å². The molecule has 0 heterocycles. The fraction of sp³-hybridized carbons (Fsp3) is 0.533. The zero-order valence-electron chi connectivity index (χ0n) is 12.2. The largest absolute Gasteiger partial charge is 0.496 e. The lowest BCUT2D eigenvalue weighted by molar-refractivity contribution is -0.120. The highest BCUT2D eigenvalue weighted by Crippen LogP contribution is 2.31. The molecule has 4 nitrogen and oxygen atoms in total. The Bertz CT molecular complexity index is 430. The van der Waals surface area contributed by atoms with Crippen LogP contribution in [0, 0.1) is 6.92 Å². The Labute approximate surface area is 115 Å².